The summed E-state index contributed by atoms with van der Waals surface area (Å²) in [5.74, 6) is -0.380. The first-order chi connectivity index (χ1) is 8.10. The number of ether oxygens (including phenoxy) is 1. The molecule has 0 aliphatic carbocycles. The maximum absolute atomic E-state index is 13.1. The fourth-order valence-electron chi connectivity index (χ4n) is 1.57. The van der Waals surface area contributed by atoms with Gasteiger partial charge in [0.1, 0.15) is 5.82 Å². The molecule has 0 N–H and O–H groups in total. The van der Waals surface area contributed by atoms with E-state index in [0.717, 1.165) is 0 Å². The number of likely N-dealkylation sites (N-methyl/N-ethyl adjacent to an activating group) is 1. The van der Waals surface area contributed by atoms with E-state index in [1.54, 1.807) is 25.0 Å². The molecule has 0 saturated carbocycles. The molecule has 0 heterocycles. The Hall–Kier alpha value is -1.42. The number of hydrogen-bond acceptors (Lipinski definition) is 2. The number of carbonyl (C=O) groups excluding carboxylic acids is 1. The number of amides is 1. The Morgan fingerprint density at radius 1 is 1.47 bits per heavy atom. The summed E-state index contributed by atoms with van der Waals surface area (Å²) >= 11 is 0. The molecule has 0 aliphatic heterocycles. The van der Waals surface area contributed by atoms with Gasteiger partial charge in [-0.3, -0.25) is 4.79 Å². The van der Waals surface area contributed by atoms with Crippen LogP contribution in [0, 0.1) is 12.7 Å². The second-order valence-electron chi connectivity index (χ2n) is 3.84. The zero-order valence-corrected chi connectivity index (χ0v) is 10.5. The van der Waals surface area contributed by atoms with Gasteiger partial charge < -0.3 is 9.64 Å². The van der Waals surface area contributed by atoms with Gasteiger partial charge in [0.15, 0.2) is 0 Å². The van der Waals surface area contributed by atoms with Gasteiger partial charge in [-0.15, -0.1) is 0 Å². The molecule has 94 valence electrons. The lowest BCUT2D eigenvalue weighted by Gasteiger charge is -2.20. The van der Waals surface area contributed by atoms with E-state index in [-0.39, 0.29) is 11.7 Å². The van der Waals surface area contributed by atoms with Crippen LogP contribution in [0.5, 0.6) is 0 Å². The average Bonchev–Trinajstić information content (AvgIpc) is 2.33. The minimum atomic E-state index is -0.290. The summed E-state index contributed by atoms with van der Waals surface area (Å²) in [7, 11) is 1.60. The molecule has 4 heteroatoms. The standard InChI is InChI=1S/C13H18FNO2/c1-4-15(7-8-17-3)13(16)11-5-6-12(14)10(2)9-11/h5-6,9H,4,7-8H2,1-3H3. The lowest BCUT2D eigenvalue weighted by Crippen LogP contribution is -2.33. The third-order valence-corrected chi connectivity index (χ3v) is 2.64. The summed E-state index contributed by atoms with van der Waals surface area (Å²) in [4.78, 5) is 13.8. The van der Waals surface area contributed by atoms with Crippen molar-refractivity contribution in [3.8, 4) is 0 Å². The molecule has 0 aromatic heterocycles. The molecule has 17 heavy (non-hydrogen) atoms. The highest BCUT2D eigenvalue weighted by molar-refractivity contribution is 5.94. The molecule has 0 spiro atoms. The number of methoxy groups -OCH3 is 1. The molecular weight excluding hydrogens is 221 g/mol. The first-order valence-electron chi connectivity index (χ1n) is 5.64. The predicted molar refractivity (Wildman–Crippen MR) is 64.6 cm³/mol. The Kier molecular flexibility index (Phi) is 5.10. The van der Waals surface area contributed by atoms with Crippen molar-refractivity contribution in [1.29, 1.82) is 0 Å². The first kappa shape index (κ1) is 13.6. The monoisotopic (exact) mass is 239 g/mol. The quantitative estimate of drug-likeness (QED) is 0.788. The van der Waals surface area contributed by atoms with Gasteiger partial charge in [0.05, 0.1) is 6.61 Å². The zero-order valence-electron chi connectivity index (χ0n) is 10.5. The first-order valence-corrected chi connectivity index (χ1v) is 5.64. The van der Waals surface area contributed by atoms with Gasteiger partial charge in [-0.05, 0) is 37.6 Å². The summed E-state index contributed by atoms with van der Waals surface area (Å²) in [5, 5.41) is 0. The molecular formula is C13H18FNO2. The molecule has 0 unspecified atom stereocenters. The minimum absolute atomic E-state index is 0.0901. The van der Waals surface area contributed by atoms with Crippen LogP contribution < -0.4 is 0 Å². The van der Waals surface area contributed by atoms with Crippen LogP contribution in [0.3, 0.4) is 0 Å². The van der Waals surface area contributed by atoms with E-state index in [1.165, 1.54) is 12.1 Å². The molecule has 0 bridgehead atoms. The molecule has 0 fully saturated rings. The summed E-state index contributed by atoms with van der Waals surface area (Å²) in [6.45, 7) is 5.21. The predicted octanol–water partition coefficient (Wildman–Crippen LogP) is 2.24. The van der Waals surface area contributed by atoms with Gasteiger partial charge in [-0.2, -0.15) is 0 Å². The van der Waals surface area contributed by atoms with Crippen LogP contribution in [0.2, 0.25) is 0 Å². The maximum atomic E-state index is 13.1. The fourth-order valence-corrected chi connectivity index (χ4v) is 1.57. The van der Waals surface area contributed by atoms with Crippen molar-refractivity contribution in [3.05, 3.63) is 35.1 Å². The van der Waals surface area contributed by atoms with Crippen LogP contribution in [0.1, 0.15) is 22.8 Å². The molecule has 0 atom stereocenters. The van der Waals surface area contributed by atoms with Crippen LogP contribution in [-0.2, 0) is 4.74 Å². The third-order valence-electron chi connectivity index (χ3n) is 2.64. The van der Waals surface area contributed by atoms with Gasteiger partial charge in [0.2, 0.25) is 0 Å². The molecule has 1 aromatic carbocycles. The Morgan fingerprint density at radius 2 is 2.18 bits per heavy atom. The van der Waals surface area contributed by atoms with Crippen molar-refractivity contribution in [2.75, 3.05) is 26.8 Å². The lowest BCUT2D eigenvalue weighted by atomic mass is 10.1. The van der Waals surface area contributed by atoms with E-state index >= 15 is 0 Å². The minimum Gasteiger partial charge on any atom is -0.383 e. The van der Waals surface area contributed by atoms with Gasteiger partial charge in [0.25, 0.3) is 5.91 Å². The molecule has 0 radical (unpaired) electrons. The second kappa shape index (κ2) is 6.35. The largest absolute Gasteiger partial charge is 0.383 e. The van der Waals surface area contributed by atoms with Crippen LogP contribution in [0.4, 0.5) is 4.39 Å². The second-order valence-corrected chi connectivity index (χ2v) is 3.84. The van der Waals surface area contributed by atoms with E-state index in [2.05, 4.69) is 0 Å². The van der Waals surface area contributed by atoms with E-state index in [9.17, 15) is 9.18 Å². The van der Waals surface area contributed by atoms with E-state index in [0.29, 0.717) is 30.8 Å². The molecule has 1 rings (SSSR count). The van der Waals surface area contributed by atoms with E-state index in [4.69, 9.17) is 4.74 Å². The summed E-state index contributed by atoms with van der Waals surface area (Å²) < 4.78 is 18.1. The number of benzene rings is 1. The Morgan fingerprint density at radius 3 is 2.71 bits per heavy atom. The average molecular weight is 239 g/mol. The van der Waals surface area contributed by atoms with E-state index in [1.807, 2.05) is 6.92 Å². The molecule has 3 nitrogen and oxygen atoms in total. The van der Waals surface area contributed by atoms with Crippen LogP contribution in [0.15, 0.2) is 18.2 Å². The third kappa shape index (κ3) is 3.53. The van der Waals surface area contributed by atoms with Gasteiger partial charge in [0, 0.05) is 25.8 Å². The van der Waals surface area contributed by atoms with Crippen molar-refractivity contribution in [2.45, 2.75) is 13.8 Å². The SMILES string of the molecule is CCN(CCOC)C(=O)c1ccc(F)c(C)c1. The normalized spacial score (nSPS) is 10.4. The van der Waals surface area contributed by atoms with Crippen LogP contribution in [-0.4, -0.2) is 37.6 Å². The summed E-state index contributed by atoms with van der Waals surface area (Å²) in [5.41, 5.74) is 1.00. The van der Waals surface area contributed by atoms with Crippen molar-refractivity contribution in [2.24, 2.45) is 0 Å². The summed E-state index contributed by atoms with van der Waals surface area (Å²) in [6, 6.07) is 4.42. The van der Waals surface area contributed by atoms with Crippen LogP contribution in [0.25, 0.3) is 0 Å². The lowest BCUT2D eigenvalue weighted by molar-refractivity contribution is 0.0706. The highest BCUT2D eigenvalue weighted by atomic mass is 19.1. The Labute approximate surface area is 101 Å². The maximum Gasteiger partial charge on any atom is 0.253 e. The topological polar surface area (TPSA) is 29.5 Å². The molecule has 0 aliphatic rings. The highest BCUT2D eigenvalue weighted by Crippen LogP contribution is 2.11. The van der Waals surface area contributed by atoms with Crippen molar-refractivity contribution in [3.63, 3.8) is 0 Å². The van der Waals surface area contributed by atoms with Crippen molar-refractivity contribution < 1.29 is 13.9 Å². The molecule has 1 amide bonds. The van der Waals surface area contributed by atoms with Crippen molar-refractivity contribution >= 4 is 5.91 Å². The van der Waals surface area contributed by atoms with Crippen LogP contribution >= 0.6 is 0 Å². The van der Waals surface area contributed by atoms with Gasteiger partial charge >= 0.3 is 0 Å². The Balaban J connectivity index is 2.82. The zero-order chi connectivity index (χ0) is 12.8. The Bertz CT molecular complexity index is 393. The fraction of sp³-hybridized carbons (Fsp3) is 0.462. The number of rotatable bonds is 5. The molecule has 0 saturated heterocycles. The number of halogens is 1. The summed E-state index contributed by atoms with van der Waals surface area (Å²) in [6.07, 6.45) is 0. The smallest absolute Gasteiger partial charge is 0.253 e. The van der Waals surface area contributed by atoms with Crippen molar-refractivity contribution in [1.82, 2.24) is 4.90 Å². The van der Waals surface area contributed by atoms with E-state index < -0.39 is 0 Å². The van der Waals surface area contributed by atoms with Gasteiger partial charge in [-0.1, -0.05) is 0 Å². The number of aryl methyl sites for hydroxylation is 1. The molecule has 1 aromatic rings. The number of carbonyl (C=O) groups is 1. The number of nitrogens with zero attached hydrogens (tertiary/aromatic N) is 1. The highest BCUT2D eigenvalue weighted by Gasteiger charge is 2.14. The van der Waals surface area contributed by atoms with Gasteiger partial charge in [-0.25, -0.2) is 4.39 Å². The number of hydrogen-bond donors (Lipinski definition) is 0.